The molecule has 2 aliphatic rings. The van der Waals surface area contributed by atoms with E-state index in [0.717, 1.165) is 12.8 Å². The molecule has 1 aromatic heterocycles. The van der Waals surface area contributed by atoms with E-state index in [2.05, 4.69) is 15.6 Å². The summed E-state index contributed by atoms with van der Waals surface area (Å²) in [5, 5.41) is 26.6. The van der Waals surface area contributed by atoms with Gasteiger partial charge in [-0.1, -0.05) is 0 Å². The van der Waals surface area contributed by atoms with Crippen molar-refractivity contribution in [3.8, 4) is 6.07 Å². The number of nitro groups is 1. The van der Waals surface area contributed by atoms with Crippen molar-refractivity contribution in [1.29, 1.82) is 5.26 Å². The van der Waals surface area contributed by atoms with Crippen LogP contribution < -0.4 is 10.6 Å². The van der Waals surface area contributed by atoms with Gasteiger partial charge in [0, 0.05) is 24.2 Å². The average molecular weight is 273 g/mol. The lowest BCUT2D eigenvalue weighted by Gasteiger charge is -2.30. The van der Waals surface area contributed by atoms with Gasteiger partial charge in [0.25, 0.3) is 5.69 Å². The van der Waals surface area contributed by atoms with E-state index in [1.807, 2.05) is 6.07 Å². The summed E-state index contributed by atoms with van der Waals surface area (Å²) in [5.74, 6) is 0.449. The molecule has 104 valence electrons. The van der Waals surface area contributed by atoms with Crippen LogP contribution in [0.2, 0.25) is 0 Å². The number of rotatable bonds is 3. The van der Waals surface area contributed by atoms with Gasteiger partial charge in [0.2, 0.25) is 0 Å². The summed E-state index contributed by atoms with van der Waals surface area (Å²) >= 11 is 0. The first-order valence-corrected chi connectivity index (χ1v) is 6.73. The fourth-order valence-corrected chi connectivity index (χ4v) is 3.12. The lowest BCUT2D eigenvalue weighted by Crippen LogP contribution is -2.43. The number of hydrogen-bond acceptors (Lipinski definition) is 6. The van der Waals surface area contributed by atoms with Crippen LogP contribution in [0.15, 0.2) is 12.3 Å². The van der Waals surface area contributed by atoms with E-state index < -0.39 is 4.92 Å². The number of anilines is 1. The van der Waals surface area contributed by atoms with Gasteiger partial charge in [0.15, 0.2) is 0 Å². The van der Waals surface area contributed by atoms with Crippen molar-refractivity contribution in [3.05, 3.63) is 27.9 Å². The third-order valence-corrected chi connectivity index (χ3v) is 4.02. The zero-order chi connectivity index (χ0) is 14.1. The Morgan fingerprint density at radius 1 is 1.45 bits per heavy atom. The molecule has 2 saturated heterocycles. The summed E-state index contributed by atoms with van der Waals surface area (Å²) in [6.45, 7) is 0. The average Bonchev–Trinajstić information content (AvgIpc) is 2.78. The van der Waals surface area contributed by atoms with Gasteiger partial charge in [-0.3, -0.25) is 10.1 Å². The minimum absolute atomic E-state index is 0.155. The number of pyridine rings is 1. The molecule has 2 N–H and O–H groups in total. The number of nitrogens with zero attached hydrogens (tertiary/aromatic N) is 3. The van der Waals surface area contributed by atoms with Crippen LogP contribution in [0.1, 0.15) is 31.2 Å². The normalized spacial score (nSPS) is 27.9. The monoisotopic (exact) mass is 273 g/mol. The molecule has 2 atom stereocenters. The molecule has 0 saturated carbocycles. The van der Waals surface area contributed by atoms with Gasteiger partial charge >= 0.3 is 0 Å². The van der Waals surface area contributed by atoms with Crippen molar-refractivity contribution >= 4 is 11.5 Å². The second kappa shape index (κ2) is 5.06. The van der Waals surface area contributed by atoms with E-state index in [1.165, 1.54) is 25.1 Å². The Labute approximate surface area is 116 Å². The van der Waals surface area contributed by atoms with Crippen LogP contribution in [0.5, 0.6) is 0 Å². The number of piperidine rings is 1. The number of nitrogens with one attached hydrogen (secondary N) is 2. The highest BCUT2D eigenvalue weighted by Crippen LogP contribution is 2.29. The van der Waals surface area contributed by atoms with E-state index in [0.29, 0.717) is 17.9 Å². The second-order valence-electron chi connectivity index (χ2n) is 5.41. The molecule has 0 aliphatic carbocycles. The van der Waals surface area contributed by atoms with Crippen LogP contribution in [0.25, 0.3) is 0 Å². The number of hydrogen-bond donors (Lipinski definition) is 2. The van der Waals surface area contributed by atoms with Crippen LogP contribution in [0, 0.1) is 21.4 Å². The van der Waals surface area contributed by atoms with Gasteiger partial charge in [-0.05, 0) is 25.7 Å². The van der Waals surface area contributed by atoms with Crippen LogP contribution in [0.3, 0.4) is 0 Å². The maximum Gasteiger partial charge on any atom is 0.289 e. The topological polar surface area (TPSA) is 104 Å². The molecule has 3 heterocycles. The van der Waals surface area contributed by atoms with E-state index >= 15 is 0 Å². The summed E-state index contributed by atoms with van der Waals surface area (Å²) in [4.78, 5) is 14.2. The third kappa shape index (κ3) is 2.42. The molecule has 0 amide bonds. The molecule has 0 aromatic carbocycles. The van der Waals surface area contributed by atoms with Crippen LogP contribution in [0.4, 0.5) is 11.5 Å². The van der Waals surface area contributed by atoms with E-state index in [1.54, 1.807) is 0 Å². The predicted octanol–water partition coefficient (Wildman–Crippen LogP) is 1.56. The molecule has 7 nitrogen and oxygen atoms in total. The molecule has 0 radical (unpaired) electrons. The zero-order valence-electron chi connectivity index (χ0n) is 10.9. The summed E-state index contributed by atoms with van der Waals surface area (Å²) < 4.78 is 0. The van der Waals surface area contributed by atoms with Crippen LogP contribution in [-0.2, 0) is 0 Å². The van der Waals surface area contributed by atoms with E-state index in [9.17, 15) is 10.1 Å². The Morgan fingerprint density at radius 2 is 2.15 bits per heavy atom. The maximum atomic E-state index is 10.7. The summed E-state index contributed by atoms with van der Waals surface area (Å²) in [6, 6.07) is 4.59. The molecular weight excluding hydrogens is 258 g/mol. The first-order chi connectivity index (χ1) is 9.65. The van der Waals surface area contributed by atoms with Crippen molar-refractivity contribution in [2.24, 2.45) is 0 Å². The first kappa shape index (κ1) is 12.8. The highest BCUT2D eigenvalue weighted by atomic mass is 16.6. The van der Waals surface area contributed by atoms with Gasteiger partial charge in [0.1, 0.15) is 23.6 Å². The lowest BCUT2D eigenvalue weighted by atomic mass is 9.99. The molecule has 2 bridgehead atoms. The third-order valence-electron chi connectivity index (χ3n) is 4.02. The van der Waals surface area contributed by atoms with Gasteiger partial charge < -0.3 is 10.6 Å². The van der Waals surface area contributed by atoms with Crippen molar-refractivity contribution in [3.63, 3.8) is 0 Å². The Hall–Kier alpha value is -2.20. The van der Waals surface area contributed by atoms with Gasteiger partial charge in [-0.25, -0.2) is 4.98 Å². The standard InChI is InChI=1S/C13H15N5O2/c14-6-8-3-12(18(19)20)7-15-13(8)17-11-4-9-1-2-10(5-11)16-9/h3,7,9-11,16H,1-2,4-5H2,(H,15,17). The zero-order valence-corrected chi connectivity index (χ0v) is 10.9. The summed E-state index contributed by atoms with van der Waals surface area (Å²) in [7, 11) is 0. The molecule has 3 rings (SSSR count). The van der Waals surface area contributed by atoms with Crippen molar-refractivity contribution in [2.45, 2.75) is 43.8 Å². The van der Waals surface area contributed by atoms with Gasteiger partial charge in [-0.2, -0.15) is 5.26 Å². The second-order valence-corrected chi connectivity index (χ2v) is 5.41. The Kier molecular flexibility index (Phi) is 3.24. The van der Waals surface area contributed by atoms with E-state index in [4.69, 9.17) is 5.26 Å². The number of fused-ring (bicyclic) bond motifs is 2. The van der Waals surface area contributed by atoms with Crippen LogP contribution >= 0.6 is 0 Å². The van der Waals surface area contributed by atoms with Crippen molar-refractivity contribution in [1.82, 2.24) is 10.3 Å². The Bertz CT molecular complexity index is 571. The highest BCUT2D eigenvalue weighted by molar-refractivity contribution is 5.56. The van der Waals surface area contributed by atoms with E-state index in [-0.39, 0.29) is 17.3 Å². The van der Waals surface area contributed by atoms with Gasteiger partial charge in [-0.15, -0.1) is 0 Å². The molecular formula is C13H15N5O2. The predicted molar refractivity (Wildman–Crippen MR) is 72.2 cm³/mol. The Morgan fingerprint density at radius 3 is 2.75 bits per heavy atom. The summed E-state index contributed by atoms with van der Waals surface area (Å²) in [5.41, 5.74) is 0.0718. The summed E-state index contributed by atoms with van der Waals surface area (Å²) in [6.07, 6.45) is 5.59. The molecule has 2 unspecified atom stereocenters. The molecule has 0 spiro atoms. The molecule has 20 heavy (non-hydrogen) atoms. The lowest BCUT2D eigenvalue weighted by molar-refractivity contribution is -0.385. The largest absolute Gasteiger partial charge is 0.366 e. The number of aromatic nitrogens is 1. The quantitative estimate of drug-likeness (QED) is 0.639. The highest BCUT2D eigenvalue weighted by Gasteiger charge is 2.33. The van der Waals surface area contributed by atoms with Crippen molar-refractivity contribution in [2.75, 3.05) is 5.32 Å². The minimum atomic E-state index is -0.539. The minimum Gasteiger partial charge on any atom is -0.366 e. The first-order valence-electron chi connectivity index (χ1n) is 6.73. The van der Waals surface area contributed by atoms with Crippen molar-refractivity contribution < 1.29 is 4.92 Å². The van der Waals surface area contributed by atoms with Crippen LogP contribution in [-0.4, -0.2) is 28.0 Å². The Balaban J connectivity index is 1.77. The maximum absolute atomic E-state index is 10.7. The fraction of sp³-hybridized carbons (Fsp3) is 0.538. The molecule has 2 aliphatic heterocycles. The molecule has 1 aromatic rings. The SMILES string of the molecule is N#Cc1cc([N+](=O)[O-])cnc1NC1CC2CCC(C1)N2. The molecule has 2 fully saturated rings. The van der Waals surface area contributed by atoms with Gasteiger partial charge in [0.05, 0.1) is 4.92 Å². The molecule has 7 heteroatoms. The fourth-order valence-electron chi connectivity index (χ4n) is 3.12. The number of nitriles is 1. The smallest absolute Gasteiger partial charge is 0.289 e.